The molecule has 1 atom stereocenters. The van der Waals surface area contributed by atoms with Gasteiger partial charge in [-0.25, -0.2) is 4.98 Å². The highest BCUT2D eigenvalue weighted by Gasteiger charge is 2.30. The molecule has 9 nitrogen and oxygen atoms in total. The first-order valence-electron chi connectivity index (χ1n) is 16.6. The van der Waals surface area contributed by atoms with Crippen molar-refractivity contribution in [2.24, 2.45) is 0 Å². The smallest absolute Gasteiger partial charge is 0.299 e. The van der Waals surface area contributed by atoms with Crippen LogP contribution >= 0.6 is 11.6 Å². The van der Waals surface area contributed by atoms with Crippen LogP contribution in [0.1, 0.15) is 85.3 Å². The second-order valence-corrected chi connectivity index (χ2v) is 11.1. The van der Waals surface area contributed by atoms with Crippen molar-refractivity contribution in [3.63, 3.8) is 0 Å². The third kappa shape index (κ3) is 13.3. The van der Waals surface area contributed by atoms with Crippen molar-refractivity contribution in [1.82, 2.24) is 14.5 Å². The molecule has 0 aliphatic rings. The van der Waals surface area contributed by atoms with Gasteiger partial charge in [-0.3, -0.25) is 9.59 Å². The van der Waals surface area contributed by atoms with Gasteiger partial charge in [0.05, 0.1) is 43.1 Å². The quantitative estimate of drug-likeness (QED) is 0.0584. The molecule has 0 spiro atoms. The molecule has 1 amide bonds. The first-order chi connectivity index (χ1) is 24.4. The third-order valence-electron chi connectivity index (χ3n) is 7.25. The predicted molar refractivity (Wildman–Crippen MR) is 205 cm³/mol. The molecule has 0 bridgehead atoms. The molecule has 1 unspecified atom stereocenters. The largest absolute Gasteiger partial charge is 0.502 e. The third-order valence-corrected chi connectivity index (χ3v) is 7.40. The maximum atomic E-state index is 14.6. The van der Waals surface area contributed by atoms with Crippen LogP contribution in [0.15, 0.2) is 73.0 Å². The number of benzene rings is 2. The van der Waals surface area contributed by atoms with Gasteiger partial charge in [0.2, 0.25) is 11.1 Å². The number of aromatic nitrogens is 2. The van der Waals surface area contributed by atoms with E-state index in [1.807, 2.05) is 62.7 Å². The lowest BCUT2D eigenvalue weighted by molar-refractivity contribution is -0.127. The maximum Gasteiger partial charge on any atom is 0.299 e. The Hall–Kier alpha value is -5.14. The van der Waals surface area contributed by atoms with Crippen LogP contribution in [-0.4, -0.2) is 52.1 Å². The van der Waals surface area contributed by atoms with Crippen molar-refractivity contribution in [1.29, 1.82) is 5.41 Å². The standard InChI is InChI=1S/C32H37FN4O3.C5H10O.C3H3ClO/c1-7-11-21-37-31(22(5)34)30(35-32(37)25(13-8-2)36(10-4)28(38)14-9-3)23-17-19-24(20-18-23)40-27-16-12-15-26(39-6)29(27)33;1-4-5(2)6-3;1-2-3(4)5/h11-12,15-21,25,34H,7-8,10,13H2,1-6H3;4H,1-3H3;2H,1H2/b21-11-,34-22?;5-4+;. The number of carbonyl (C=O) groups excluding carboxylic acids is 2. The zero-order valence-electron chi connectivity index (χ0n) is 31.1. The van der Waals surface area contributed by atoms with Gasteiger partial charge in [-0.05, 0) is 107 Å². The average Bonchev–Trinajstić information content (AvgIpc) is 3.51. The second kappa shape index (κ2) is 23.3. The SMILES string of the molecule is C/C=C(\C)OC.C=CC(=O)Cl.CC#CC(=O)N(CC)C(CCC)c1nc(-c2ccc(Oc3cccc(OC)c3F)cc2)c(C(C)=N)n1/C=C\CC. The van der Waals surface area contributed by atoms with E-state index in [1.165, 1.54) is 19.2 Å². The molecule has 1 heterocycles. The van der Waals surface area contributed by atoms with Crippen molar-refractivity contribution < 1.29 is 28.2 Å². The van der Waals surface area contributed by atoms with Crippen LogP contribution in [0, 0.1) is 23.1 Å². The molecule has 51 heavy (non-hydrogen) atoms. The molecule has 2 aromatic carbocycles. The summed E-state index contributed by atoms with van der Waals surface area (Å²) in [6, 6.07) is 11.5. The van der Waals surface area contributed by atoms with Gasteiger partial charge < -0.3 is 29.1 Å². The van der Waals surface area contributed by atoms with Crippen molar-refractivity contribution >= 4 is 34.7 Å². The number of nitrogens with zero attached hydrogens (tertiary/aromatic N) is 3. The van der Waals surface area contributed by atoms with Gasteiger partial charge in [-0.2, -0.15) is 4.39 Å². The summed E-state index contributed by atoms with van der Waals surface area (Å²) in [5.41, 5.74) is 2.36. The highest BCUT2D eigenvalue weighted by Crippen LogP contribution is 2.35. The summed E-state index contributed by atoms with van der Waals surface area (Å²) in [4.78, 5) is 29.2. The van der Waals surface area contributed by atoms with Crippen molar-refractivity contribution in [2.45, 2.75) is 73.8 Å². The number of hydrogen-bond donors (Lipinski definition) is 1. The number of carbonyl (C=O) groups is 2. The number of methoxy groups -OCH3 is 2. The number of hydrogen-bond acceptors (Lipinski definition) is 7. The van der Waals surface area contributed by atoms with Crippen molar-refractivity contribution in [3.05, 3.63) is 90.4 Å². The molecule has 3 rings (SSSR count). The normalized spacial score (nSPS) is 11.1. The predicted octanol–water partition coefficient (Wildman–Crippen LogP) is 9.97. The summed E-state index contributed by atoms with van der Waals surface area (Å²) >= 11 is 4.71. The van der Waals surface area contributed by atoms with Crippen LogP contribution in [0.3, 0.4) is 0 Å². The zero-order chi connectivity index (χ0) is 38.5. The Labute approximate surface area is 307 Å². The minimum Gasteiger partial charge on any atom is -0.502 e. The second-order valence-electron chi connectivity index (χ2n) is 10.7. The number of rotatable bonds is 14. The molecule has 1 aromatic heterocycles. The van der Waals surface area contributed by atoms with Crippen LogP contribution in [0.4, 0.5) is 4.39 Å². The molecule has 3 aromatic rings. The summed E-state index contributed by atoms with van der Waals surface area (Å²) < 4.78 is 32.1. The molecule has 274 valence electrons. The molecule has 0 saturated carbocycles. The Morgan fingerprint density at radius 1 is 1.12 bits per heavy atom. The van der Waals surface area contributed by atoms with Gasteiger partial charge in [-0.1, -0.05) is 51.0 Å². The Morgan fingerprint density at radius 2 is 1.75 bits per heavy atom. The monoisotopic (exact) mass is 720 g/mol. The highest BCUT2D eigenvalue weighted by atomic mass is 35.5. The summed E-state index contributed by atoms with van der Waals surface area (Å²) in [5, 5.41) is 8.13. The minimum absolute atomic E-state index is 0.0568. The fourth-order valence-corrected chi connectivity index (χ4v) is 4.64. The lowest BCUT2D eigenvalue weighted by Gasteiger charge is -2.29. The number of allylic oxidation sites excluding steroid dienone is 4. The molecular formula is C40H50ClFN4O5. The summed E-state index contributed by atoms with van der Waals surface area (Å²) in [7, 11) is 3.07. The van der Waals surface area contributed by atoms with Crippen molar-refractivity contribution in [2.75, 3.05) is 20.8 Å². The van der Waals surface area contributed by atoms with Gasteiger partial charge in [-0.15, -0.1) is 0 Å². The van der Waals surface area contributed by atoms with E-state index in [4.69, 9.17) is 36.2 Å². The molecular weight excluding hydrogens is 671 g/mol. The van der Waals surface area contributed by atoms with Gasteiger partial charge in [0.1, 0.15) is 11.6 Å². The Balaban J connectivity index is 0.00000102. The Bertz CT molecular complexity index is 1740. The number of amides is 1. The lowest BCUT2D eigenvalue weighted by atomic mass is 10.1. The molecule has 1 N–H and O–H groups in total. The van der Waals surface area contributed by atoms with E-state index in [9.17, 15) is 14.0 Å². The van der Waals surface area contributed by atoms with Crippen LogP contribution in [0.5, 0.6) is 17.2 Å². The van der Waals surface area contributed by atoms with Crippen LogP contribution < -0.4 is 9.47 Å². The topological polar surface area (TPSA) is 107 Å². The van der Waals surface area contributed by atoms with Crippen molar-refractivity contribution in [3.8, 4) is 40.3 Å². The number of nitrogens with one attached hydrogen (secondary N) is 1. The van der Waals surface area contributed by atoms with E-state index < -0.39 is 11.1 Å². The number of ether oxygens (including phenoxy) is 3. The fraction of sp³-hybridized carbons (Fsp3) is 0.350. The molecule has 0 fully saturated rings. The van der Waals surface area contributed by atoms with E-state index in [0.717, 1.165) is 30.2 Å². The molecule has 0 saturated heterocycles. The molecule has 11 heteroatoms. The van der Waals surface area contributed by atoms with E-state index in [2.05, 4.69) is 25.3 Å². The maximum absolute atomic E-state index is 14.6. The first kappa shape index (κ1) is 43.9. The van der Waals surface area contributed by atoms with E-state index in [-0.39, 0.29) is 23.4 Å². The summed E-state index contributed by atoms with van der Waals surface area (Å²) in [5.74, 6) is 6.80. The fourth-order valence-electron chi connectivity index (χ4n) is 4.64. The summed E-state index contributed by atoms with van der Waals surface area (Å²) in [6.07, 6.45) is 9.22. The van der Waals surface area contributed by atoms with E-state index in [0.29, 0.717) is 41.6 Å². The number of imidazole rings is 1. The van der Waals surface area contributed by atoms with Gasteiger partial charge in [0, 0.05) is 18.3 Å². The van der Waals surface area contributed by atoms with Gasteiger partial charge >= 0.3 is 0 Å². The minimum atomic E-state index is -0.577. The van der Waals surface area contributed by atoms with Crippen LogP contribution in [0.25, 0.3) is 17.5 Å². The van der Waals surface area contributed by atoms with Gasteiger partial charge in [0.15, 0.2) is 11.5 Å². The molecule has 0 radical (unpaired) electrons. The summed E-state index contributed by atoms with van der Waals surface area (Å²) in [6.45, 7) is 16.8. The first-order valence-corrected chi connectivity index (χ1v) is 16.9. The molecule has 0 aliphatic heterocycles. The molecule has 0 aliphatic carbocycles. The Kier molecular flexibility index (Phi) is 20.0. The highest BCUT2D eigenvalue weighted by molar-refractivity contribution is 6.66. The lowest BCUT2D eigenvalue weighted by Crippen LogP contribution is -2.35. The zero-order valence-corrected chi connectivity index (χ0v) is 31.9. The van der Waals surface area contributed by atoms with Gasteiger partial charge in [0.25, 0.3) is 5.91 Å². The number of halogens is 2. The van der Waals surface area contributed by atoms with Crippen LogP contribution in [0.2, 0.25) is 0 Å². The van der Waals surface area contributed by atoms with E-state index >= 15 is 0 Å². The Morgan fingerprint density at radius 3 is 2.20 bits per heavy atom. The van der Waals surface area contributed by atoms with E-state index in [1.54, 1.807) is 44.1 Å². The van der Waals surface area contributed by atoms with Crippen LogP contribution in [-0.2, 0) is 14.3 Å². The average molecular weight is 721 g/mol.